The number of pyridine rings is 1. The Morgan fingerprint density at radius 1 is 1.10 bits per heavy atom. The van der Waals surface area contributed by atoms with Crippen molar-refractivity contribution in [2.45, 2.75) is 20.1 Å². The van der Waals surface area contributed by atoms with Gasteiger partial charge in [-0.3, -0.25) is 0 Å². The second-order valence-electron chi connectivity index (χ2n) is 4.82. The van der Waals surface area contributed by atoms with Gasteiger partial charge in [-0.15, -0.1) is 0 Å². The highest BCUT2D eigenvalue weighted by molar-refractivity contribution is 5.86. The molecule has 0 aliphatic heterocycles. The molecule has 0 fully saturated rings. The van der Waals surface area contributed by atoms with Gasteiger partial charge in [0.1, 0.15) is 6.67 Å². The largest absolute Gasteiger partial charge is 0.382 e. The number of rotatable bonds is 3. The van der Waals surface area contributed by atoms with Crippen molar-refractivity contribution in [3.8, 4) is 0 Å². The van der Waals surface area contributed by atoms with Crippen LogP contribution in [0.15, 0.2) is 36.4 Å². The molecule has 4 nitrogen and oxygen atoms in total. The van der Waals surface area contributed by atoms with Crippen molar-refractivity contribution in [1.29, 1.82) is 0 Å². The van der Waals surface area contributed by atoms with E-state index in [1.165, 1.54) is 0 Å². The van der Waals surface area contributed by atoms with Crippen LogP contribution in [-0.4, -0.2) is 14.8 Å². The maximum Gasteiger partial charge on any atom is 0.160 e. The molecule has 5 heteroatoms. The Morgan fingerprint density at radius 3 is 2.50 bits per heavy atom. The third-order valence-electron chi connectivity index (χ3n) is 3.27. The van der Waals surface area contributed by atoms with E-state index in [2.05, 4.69) is 10.1 Å². The Balaban J connectivity index is 1.99. The first-order chi connectivity index (χ1) is 9.67. The van der Waals surface area contributed by atoms with Gasteiger partial charge in [-0.2, -0.15) is 5.10 Å². The van der Waals surface area contributed by atoms with Crippen molar-refractivity contribution in [2.75, 3.05) is 5.73 Å². The minimum atomic E-state index is -0.446. The first-order valence-corrected chi connectivity index (χ1v) is 6.41. The van der Waals surface area contributed by atoms with E-state index in [4.69, 9.17) is 5.73 Å². The monoisotopic (exact) mass is 270 g/mol. The molecule has 20 heavy (non-hydrogen) atoms. The van der Waals surface area contributed by atoms with E-state index in [0.29, 0.717) is 17.9 Å². The number of fused-ring (bicyclic) bond motifs is 1. The highest BCUT2D eigenvalue weighted by atomic mass is 19.1. The number of anilines is 1. The number of halogens is 1. The summed E-state index contributed by atoms with van der Waals surface area (Å²) >= 11 is 0. The maximum absolute atomic E-state index is 12.5. The second-order valence-corrected chi connectivity index (χ2v) is 4.82. The van der Waals surface area contributed by atoms with Crippen LogP contribution in [0.25, 0.3) is 11.0 Å². The molecule has 3 aromatic rings. The van der Waals surface area contributed by atoms with Gasteiger partial charge in [-0.05, 0) is 30.2 Å². The summed E-state index contributed by atoms with van der Waals surface area (Å²) in [5.74, 6) is 0.480. The van der Waals surface area contributed by atoms with Gasteiger partial charge in [0.25, 0.3) is 0 Å². The van der Waals surface area contributed by atoms with Crippen LogP contribution in [-0.2, 0) is 13.2 Å². The minimum Gasteiger partial charge on any atom is -0.382 e. The fraction of sp³-hybridized carbons (Fsp3) is 0.200. The summed E-state index contributed by atoms with van der Waals surface area (Å²) in [7, 11) is 0. The van der Waals surface area contributed by atoms with Crippen LogP contribution in [0, 0.1) is 6.92 Å². The van der Waals surface area contributed by atoms with Crippen molar-refractivity contribution in [3.05, 3.63) is 53.2 Å². The molecule has 0 amide bonds. The predicted octanol–water partition coefficient (Wildman–Crippen LogP) is 2.84. The standard InChI is InChI=1S/C15H15FN4/c1-10-2-7-13-14(17)19-20(15(13)18-10)9-12-5-3-11(8-16)4-6-12/h2-7H,8-9H2,1H3,(H2,17,19). The molecule has 0 bridgehead atoms. The van der Waals surface area contributed by atoms with Crippen molar-refractivity contribution in [2.24, 2.45) is 0 Å². The van der Waals surface area contributed by atoms with Crippen LogP contribution >= 0.6 is 0 Å². The van der Waals surface area contributed by atoms with E-state index >= 15 is 0 Å². The molecule has 2 N–H and O–H groups in total. The van der Waals surface area contributed by atoms with E-state index in [0.717, 1.165) is 22.3 Å². The first-order valence-electron chi connectivity index (χ1n) is 6.41. The van der Waals surface area contributed by atoms with Gasteiger partial charge < -0.3 is 5.73 Å². The van der Waals surface area contributed by atoms with Crippen LogP contribution in [0.5, 0.6) is 0 Å². The molecule has 1 aromatic carbocycles. The number of aromatic nitrogens is 3. The third-order valence-corrected chi connectivity index (χ3v) is 3.27. The molecule has 0 atom stereocenters. The lowest BCUT2D eigenvalue weighted by molar-refractivity contribution is 0.485. The zero-order valence-electron chi connectivity index (χ0n) is 11.2. The van der Waals surface area contributed by atoms with Gasteiger partial charge in [0.15, 0.2) is 11.5 Å². The number of aryl methyl sites for hydroxylation is 1. The van der Waals surface area contributed by atoms with E-state index < -0.39 is 6.67 Å². The van der Waals surface area contributed by atoms with Crippen LogP contribution < -0.4 is 5.73 Å². The smallest absolute Gasteiger partial charge is 0.160 e. The Morgan fingerprint density at radius 2 is 1.80 bits per heavy atom. The Kier molecular flexibility index (Phi) is 3.10. The third kappa shape index (κ3) is 2.22. The Labute approximate surface area is 116 Å². The van der Waals surface area contributed by atoms with Crippen LogP contribution in [0.3, 0.4) is 0 Å². The molecular formula is C15H15FN4. The topological polar surface area (TPSA) is 56.7 Å². The zero-order valence-corrected chi connectivity index (χ0v) is 11.2. The average Bonchev–Trinajstić information content (AvgIpc) is 2.76. The zero-order chi connectivity index (χ0) is 14.1. The summed E-state index contributed by atoms with van der Waals surface area (Å²) in [5, 5.41) is 5.18. The van der Waals surface area contributed by atoms with Gasteiger partial charge in [0, 0.05) is 5.69 Å². The quantitative estimate of drug-likeness (QED) is 0.796. The number of hydrogen-bond donors (Lipinski definition) is 1. The summed E-state index contributed by atoms with van der Waals surface area (Å²) in [5.41, 5.74) is 9.31. The average molecular weight is 270 g/mol. The summed E-state index contributed by atoms with van der Waals surface area (Å²) in [6.07, 6.45) is 0. The van der Waals surface area contributed by atoms with E-state index in [-0.39, 0.29) is 0 Å². The van der Waals surface area contributed by atoms with E-state index in [1.54, 1.807) is 16.8 Å². The van der Waals surface area contributed by atoms with Gasteiger partial charge in [0.05, 0.1) is 11.9 Å². The number of nitrogens with zero attached hydrogens (tertiary/aromatic N) is 3. The van der Waals surface area contributed by atoms with Crippen molar-refractivity contribution in [1.82, 2.24) is 14.8 Å². The second kappa shape index (κ2) is 4.92. The number of nitrogens with two attached hydrogens (primary N) is 1. The van der Waals surface area contributed by atoms with Gasteiger partial charge >= 0.3 is 0 Å². The Bertz CT molecular complexity index is 746. The number of hydrogen-bond acceptors (Lipinski definition) is 3. The normalized spacial score (nSPS) is 11.1. The van der Waals surface area contributed by atoms with Crippen molar-refractivity contribution < 1.29 is 4.39 Å². The molecule has 0 aliphatic rings. The predicted molar refractivity (Wildman–Crippen MR) is 77.0 cm³/mol. The Hall–Kier alpha value is -2.43. The molecule has 0 saturated heterocycles. The summed E-state index contributed by atoms with van der Waals surface area (Å²) in [4.78, 5) is 4.49. The molecule has 2 aromatic heterocycles. The van der Waals surface area contributed by atoms with Crippen molar-refractivity contribution >= 4 is 16.9 Å². The molecule has 3 rings (SSSR count). The fourth-order valence-corrected chi connectivity index (χ4v) is 2.19. The van der Waals surface area contributed by atoms with Crippen molar-refractivity contribution in [3.63, 3.8) is 0 Å². The minimum absolute atomic E-state index is 0.446. The van der Waals surface area contributed by atoms with E-state index in [9.17, 15) is 4.39 Å². The lowest BCUT2D eigenvalue weighted by Crippen LogP contribution is -2.03. The molecule has 0 unspecified atom stereocenters. The molecule has 102 valence electrons. The number of alkyl halides is 1. The van der Waals surface area contributed by atoms with E-state index in [1.807, 2.05) is 31.2 Å². The summed E-state index contributed by atoms with van der Waals surface area (Å²) in [6.45, 7) is 2.05. The van der Waals surface area contributed by atoms with Gasteiger partial charge in [-0.25, -0.2) is 14.1 Å². The van der Waals surface area contributed by atoms with Gasteiger partial charge in [0.2, 0.25) is 0 Å². The first kappa shape index (κ1) is 12.6. The molecule has 0 saturated carbocycles. The summed E-state index contributed by atoms with van der Waals surface area (Å²) < 4.78 is 14.3. The molecule has 2 heterocycles. The van der Waals surface area contributed by atoms with Crippen LogP contribution in [0.2, 0.25) is 0 Å². The SMILES string of the molecule is Cc1ccc2c(N)nn(Cc3ccc(CF)cc3)c2n1. The highest BCUT2D eigenvalue weighted by Crippen LogP contribution is 2.20. The lowest BCUT2D eigenvalue weighted by atomic mass is 10.1. The summed E-state index contributed by atoms with van der Waals surface area (Å²) in [6, 6.07) is 11.2. The molecular weight excluding hydrogens is 255 g/mol. The number of benzene rings is 1. The van der Waals surface area contributed by atoms with Crippen LogP contribution in [0.1, 0.15) is 16.8 Å². The highest BCUT2D eigenvalue weighted by Gasteiger charge is 2.09. The fourth-order valence-electron chi connectivity index (χ4n) is 2.19. The molecule has 0 aliphatic carbocycles. The number of nitrogen functional groups attached to an aromatic ring is 1. The maximum atomic E-state index is 12.5. The molecule has 0 radical (unpaired) electrons. The van der Waals surface area contributed by atoms with Gasteiger partial charge in [-0.1, -0.05) is 24.3 Å². The van der Waals surface area contributed by atoms with Crippen LogP contribution in [0.4, 0.5) is 10.2 Å². The molecule has 0 spiro atoms. The lowest BCUT2D eigenvalue weighted by Gasteiger charge is -2.04.